The standard InChI is InChI=1S/C14H15ClF2O2/c15-13(18)11-3-1-9(2-4-11)10-5-7-12(8-6-10)19-14(16)17/h5-9,11,14H,1-4H2. The van der Waals surface area contributed by atoms with Crippen molar-refractivity contribution in [2.75, 3.05) is 0 Å². The zero-order valence-corrected chi connectivity index (χ0v) is 11.1. The first kappa shape index (κ1) is 14.3. The van der Waals surface area contributed by atoms with Gasteiger partial charge in [-0.15, -0.1) is 0 Å². The fourth-order valence-corrected chi connectivity index (χ4v) is 2.79. The van der Waals surface area contributed by atoms with Gasteiger partial charge < -0.3 is 4.74 Å². The van der Waals surface area contributed by atoms with Crippen molar-refractivity contribution in [3.05, 3.63) is 29.8 Å². The van der Waals surface area contributed by atoms with E-state index in [1.807, 2.05) is 12.1 Å². The molecule has 1 fully saturated rings. The molecule has 0 radical (unpaired) electrons. The van der Waals surface area contributed by atoms with Gasteiger partial charge in [0.25, 0.3) is 0 Å². The van der Waals surface area contributed by atoms with Crippen LogP contribution in [0.3, 0.4) is 0 Å². The fraction of sp³-hybridized carbons (Fsp3) is 0.500. The number of alkyl halides is 2. The summed E-state index contributed by atoms with van der Waals surface area (Å²) in [7, 11) is 0. The molecule has 0 aromatic heterocycles. The van der Waals surface area contributed by atoms with Crippen LogP contribution < -0.4 is 4.74 Å². The molecule has 0 amide bonds. The Balaban J connectivity index is 1.94. The van der Waals surface area contributed by atoms with Gasteiger partial charge in [0, 0.05) is 5.92 Å². The van der Waals surface area contributed by atoms with Gasteiger partial charge in [-0.1, -0.05) is 12.1 Å². The second-order valence-corrected chi connectivity index (χ2v) is 5.17. The predicted molar refractivity (Wildman–Crippen MR) is 68.6 cm³/mol. The minimum absolute atomic E-state index is 0.0284. The molecule has 1 aliphatic rings. The van der Waals surface area contributed by atoms with Crippen LogP contribution in [0.4, 0.5) is 8.78 Å². The minimum atomic E-state index is -2.80. The quantitative estimate of drug-likeness (QED) is 0.771. The number of benzene rings is 1. The van der Waals surface area contributed by atoms with Crippen molar-refractivity contribution in [3.63, 3.8) is 0 Å². The Kier molecular flexibility index (Phi) is 4.75. The van der Waals surface area contributed by atoms with Crippen molar-refractivity contribution in [1.82, 2.24) is 0 Å². The van der Waals surface area contributed by atoms with E-state index in [0.717, 1.165) is 31.2 Å². The fourth-order valence-electron chi connectivity index (χ4n) is 2.58. The Morgan fingerprint density at radius 3 is 2.21 bits per heavy atom. The second-order valence-electron chi connectivity index (χ2n) is 4.80. The SMILES string of the molecule is O=C(Cl)C1CCC(c2ccc(OC(F)F)cc2)CC1. The van der Waals surface area contributed by atoms with Gasteiger partial charge in [0.2, 0.25) is 5.24 Å². The number of rotatable bonds is 4. The van der Waals surface area contributed by atoms with Crippen LogP contribution in [-0.2, 0) is 4.79 Å². The van der Waals surface area contributed by atoms with Gasteiger partial charge in [-0.05, 0) is 60.9 Å². The minimum Gasteiger partial charge on any atom is -0.435 e. The molecule has 2 rings (SSSR count). The maximum atomic E-state index is 12.0. The van der Waals surface area contributed by atoms with Crippen LogP contribution in [-0.4, -0.2) is 11.9 Å². The summed E-state index contributed by atoms with van der Waals surface area (Å²) in [4.78, 5) is 11.1. The molecule has 104 valence electrons. The summed E-state index contributed by atoms with van der Waals surface area (Å²) in [6.07, 6.45) is 3.39. The largest absolute Gasteiger partial charge is 0.435 e. The summed E-state index contributed by atoms with van der Waals surface area (Å²) >= 11 is 5.49. The maximum absolute atomic E-state index is 12.0. The molecule has 0 atom stereocenters. The molecule has 0 bridgehead atoms. The summed E-state index contributed by atoms with van der Waals surface area (Å²) in [5.74, 6) is 0.510. The van der Waals surface area contributed by atoms with Crippen molar-refractivity contribution in [1.29, 1.82) is 0 Å². The summed E-state index contributed by atoms with van der Waals surface area (Å²) in [5, 5.41) is -0.251. The van der Waals surface area contributed by atoms with Crippen LogP contribution in [0.25, 0.3) is 0 Å². The second kappa shape index (κ2) is 6.33. The molecule has 19 heavy (non-hydrogen) atoms. The van der Waals surface area contributed by atoms with Gasteiger partial charge in [-0.2, -0.15) is 8.78 Å². The smallest absolute Gasteiger partial charge is 0.387 e. The molecule has 0 aliphatic heterocycles. The number of halogens is 3. The van der Waals surface area contributed by atoms with E-state index in [-0.39, 0.29) is 16.9 Å². The molecule has 1 aromatic carbocycles. The van der Waals surface area contributed by atoms with Crippen molar-refractivity contribution in [2.45, 2.75) is 38.2 Å². The third-order valence-electron chi connectivity index (χ3n) is 3.62. The number of hydrogen-bond acceptors (Lipinski definition) is 2. The van der Waals surface area contributed by atoms with Crippen molar-refractivity contribution < 1.29 is 18.3 Å². The molecule has 1 saturated carbocycles. The summed E-state index contributed by atoms with van der Waals surface area (Å²) in [6.45, 7) is -2.80. The Hall–Kier alpha value is -1.16. The van der Waals surface area contributed by atoms with Crippen molar-refractivity contribution in [3.8, 4) is 5.75 Å². The molecule has 1 aromatic rings. The Bertz CT molecular complexity index is 426. The highest BCUT2D eigenvalue weighted by atomic mass is 35.5. The number of carbonyl (C=O) groups excluding carboxylic acids is 1. The van der Waals surface area contributed by atoms with E-state index in [1.165, 1.54) is 0 Å². The van der Waals surface area contributed by atoms with Gasteiger partial charge in [-0.25, -0.2) is 0 Å². The lowest BCUT2D eigenvalue weighted by Crippen LogP contribution is -2.17. The van der Waals surface area contributed by atoms with Gasteiger partial charge in [0.05, 0.1) is 0 Å². The molecule has 1 aliphatic carbocycles. The first-order valence-electron chi connectivity index (χ1n) is 6.30. The first-order chi connectivity index (χ1) is 9.06. The van der Waals surface area contributed by atoms with E-state index >= 15 is 0 Å². The Morgan fingerprint density at radius 2 is 1.74 bits per heavy atom. The van der Waals surface area contributed by atoms with Crippen LogP contribution in [0, 0.1) is 5.92 Å². The lowest BCUT2D eigenvalue weighted by molar-refractivity contribution is -0.116. The summed E-state index contributed by atoms with van der Waals surface area (Å²) in [5.41, 5.74) is 1.10. The lowest BCUT2D eigenvalue weighted by atomic mass is 9.79. The van der Waals surface area contributed by atoms with E-state index in [1.54, 1.807) is 12.1 Å². The first-order valence-corrected chi connectivity index (χ1v) is 6.68. The summed E-state index contributed by atoms with van der Waals surface area (Å²) in [6, 6.07) is 6.73. The molecule has 2 nitrogen and oxygen atoms in total. The normalized spacial score (nSPS) is 23.4. The highest BCUT2D eigenvalue weighted by Crippen LogP contribution is 2.37. The number of carbonyl (C=O) groups is 1. The van der Waals surface area contributed by atoms with Gasteiger partial charge in [0.15, 0.2) is 0 Å². The van der Waals surface area contributed by atoms with Crippen LogP contribution >= 0.6 is 11.6 Å². The third kappa shape index (κ3) is 3.90. The average molecular weight is 289 g/mol. The maximum Gasteiger partial charge on any atom is 0.387 e. The molecule has 0 N–H and O–H groups in total. The molecule has 0 spiro atoms. The van der Waals surface area contributed by atoms with Gasteiger partial charge >= 0.3 is 6.61 Å². The van der Waals surface area contributed by atoms with Crippen LogP contribution in [0.1, 0.15) is 37.2 Å². The molecule has 0 unspecified atom stereocenters. The zero-order valence-electron chi connectivity index (χ0n) is 10.3. The monoisotopic (exact) mass is 288 g/mol. The van der Waals surface area contributed by atoms with E-state index in [4.69, 9.17) is 11.6 Å². The molecule has 5 heteroatoms. The van der Waals surface area contributed by atoms with Gasteiger partial charge in [-0.3, -0.25) is 4.79 Å². The van der Waals surface area contributed by atoms with E-state index < -0.39 is 6.61 Å². The van der Waals surface area contributed by atoms with E-state index in [2.05, 4.69) is 4.74 Å². The Labute approximate surface area is 115 Å². The predicted octanol–water partition coefficient (Wildman–Crippen LogP) is 4.33. The average Bonchev–Trinajstić information content (AvgIpc) is 2.39. The molecular formula is C14H15ClF2O2. The van der Waals surface area contributed by atoms with E-state index in [0.29, 0.717) is 5.92 Å². The summed E-state index contributed by atoms with van der Waals surface area (Å²) < 4.78 is 28.4. The zero-order chi connectivity index (χ0) is 13.8. The number of ether oxygens (including phenoxy) is 1. The van der Waals surface area contributed by atoms with Crippen LogP contribution in [0.15, 0.2) is 24.3 Å². The molecular weight excluding hydrogens is 274 g/mol. The third-order valence-corrected chi connectivity index (χ3v) is 3.93. The topological polar surface area (TPSA) is 26.3 Å². The van der Waals surface area contributed by atoms with Crippen molar-refractivity contribution in [2.24, 2.45) is 5.92 Å². The van der Waals surface area contributed by atoms with Gasteiger partial charge in [0.1, 0.15) is 5.75 Å². The highest BCUT2D eigenvalue weighted by molar-refractivity contribution is 6.63. The van der Waals surface area contributed by atoms with Crippen molar-refractivity contribution >= 4 is 16.8 Å². The van der Waals surface area contributed by atoms with E-state index in [9.17, 15) is 13.6 Å². The highest BCUT2D eigenvalue weighted by Gasteiger charge is 2.25. The van der Waals surface area contributed by atoms with Crippen LogP contribution in [0.5, 0.6) is 5.75 Å². The Morgan fingerprint density at radius 1 is 1.16 bits per heavy atom. The molecule has 0 heterocycles. The number of hydrogen-bond donors (Lipinski definition) is 0. The lowest BCUT2D eigenvalue weighted by Gasteiger charge is -2.26. The van der Waals surface area contributed by atoms with Crippen LogP contribution in [0.2, 0.25) is 0 Å². The molecule has 0 saturated heterocycles.